The first kappa shape index (κ1) is 15.6. The number of carboxylic acid groups (broad SMARTS) is 1. The largest absolute Gasteiger partial charge is 0.481 e. The standard InChI is InChI=1S/C15H19ClN2O3/c16-12-4-6-13(7-5-12)17-8-10-18(11-9-17)14(19)2-1-3-15(20)21/h4-7H,1-3,8-11H2,(H,20,21). The average Bonchev–Trinajstić information content (AvgIpc) is 2.48. The van der Waals surface area contributed by atoms with Gasteiger partial charge in [0.05, 0.1) is 0 Å². The van der Waals surface area contributed by atoms with Crippen LogP contribution in [-0.2, 0) is 9.59 Å². The number of halogens is 1. The Morgan fingerprint density at radius 2 is 1.67 bits per heavy atom. The molecule has 0 bridgehead atoms. The highest BCUT2D eigenvalue weighted by Crippen LogP contribution is 2.19. The zero-order valence-electron chi connectivity index (χ0n) is 11.8. The van der Waals surface area contributed by atoms with Crippen molar-refractivity contribution in [2.45, 2.75) is 19.3 Å². The number of rotatable bonds is 5. The molecule has 1 heterocycles. The molecule has 1 fully saturated rings. The minimum Gasteiger partial charge on any atom is -0.481 e. The number of hydrogen-bond acceptors (Lipinski definition) is 3. The number of piperazine rings is 1. The van der Waals surface area contributed by atoms with Crippen LogP contribution in [0.3, 0.4) is 0 Å². The van der Waals surface area contributed by atoms with Crippen molar-refractivity contribution in [2.24, 2.45) is 0 Å². The lowest BCUT2D eigenvalue weighted by molar-refractivity contribution is -0.137. The van der Waals surface area contributed by atoms with Crippen LogP contribution in [0.5, 0.6) is 0 Å². The van der Waals surface area contributed by atoms with E-state index in [4.69, 9.17) is 16.7 Å². The third kappa shape index (κ3) is 4.63. The molecule has 114 valence electrons. The monoisotopic (exact) mass is 310 g/mol. The molecule has 2 rings (SSSR count). The molecule has 0 saturated carbocycles. The van der Waals surface area contributed by atoms with Gasteiger partial charge in [-0.05, 0) is 30.7 Å². The fraction of sp³-hybridized carbons (Fsp3) is 0.467. The van der Waals surface area contributed by atoms with Crippen LogP contribution in [-0.4, -0.2) is 48.1 Å². The maximum Gasteiger partial charge on any atom is 0.303 e. The van der Waals surface area contributed by atoms with E-state index in [2.05, 4.69) is 4.90 Å². The van der Waals surface area contributed by atoms with Crippen LogP contribution in [0.1, 0.15) is 19.3 Å². The van der Waals surface area contributed by atoms with E-state index in [1.54, 1.807) is 0 Å². The zero-order valence-corrected chi connectivity index (χ0v) is 12.6. The lowest BCUT2D eigenvalue weighted by Crippen LogP contribution is -2.48. The fourth-order valence-corrected chi connectivity index (χ4v) is 2.54. The Kier molecular flexibility index (Phi) is 5.44. The van der Waals surface area contributed by atoms with Crippen molar-refractivity contribution in [3.8, 4) is 0 Å². The molecule has 1 aromatic carbocycles. The second kappa shape index (κ2) is 7.31. The van der Waals surface area contributed by atoms with E-state index in [1.807, 2.05) is 29.2 Å². The number of benzene rings is 1. The van der Waals surface area contributed by atoms with Crippen molar-refractivity contribution in [3.05, 3.63) is 29.3 Å². The normalized spacial score (nSPS) is 15.1. The Balaban J connectivity index is 1.78. The third-order valence-corrected chi connectivity index (χ3v) is 3.86. The molecule has 6 heteroatoms. The van der Waals surface area contributed by atoms with Gasteiger partial charge in [0.25, 0.3) is 0 Å². The summed E-state index contributed by atoms with van der Waals surface area (Å²) in [4.78, 5) is 26.4. The van der Waals surface area contributed by atoms with Crippen molar-refractivity contribution in [3.63, 3.8) is 0 Å². The summed E-state index contributed by atoms with van der Waals surface area (Å²) in [5.41, 5.74) is 1.11. The van der Waals surface area contributed by atoms with Gasteiger partial charge in [0, 0.05) is 49.7 Å². The minimum absolute atomic E-state index is 0.0482. The first-order valence-electron chi connectivity index (χ1n) is 7.06. The van der Waals surface area contributed by atoms with E-state index in [-0.39, 0.29) is 12.3 Å². The Labute approximate surface area is 129 Å². The number of carbonyl (C=O) groups excluding carboxylic acids is 1. The second-order valence-electron chi connectivity index (χ2n) is 5.09. The quantitative estimate of drug-likeness (QED) is 0.906. The maximum absolute atomic E-state index is 12.0. The number of anilines is 1. The number of aliphatic carboxylic acids is 1. The van der Waals surface area contributed by atoms with Crippen LogP contribution in [0.4, 0.5) is 5.69 Å². The molecule has 0 aliphatic carbocycles. The topological polar surface area (TPSA) is 60.9 Å². The summed E-state index contributed by atoms with van der Waals surface area (Å²) in [6, 6.07) is 7.68. The summed E-state index contributed by atoms with van der Waals surface area (Å²) in [7, 11) is 0. The van der Waals surface area contributed by atoms with Gasteiger partial charge < -0.3 is 14.9 Å². The van der Waals surface area contributed by atoms with E-state index < -0.39 is 5.97 Å². The maximum atomic E-state index is 12.0. The summed E-state index contributed by atoms with van der Waals surface area (Å²) in [5.74, 6) is -0.803. The number of carboxylic acids is 1. The Bertz CT molecular complexity index is 496. The van der Waals surface area contributed by atoms with Gasteiger partial charge in [-0.25, -0.2) is 0 Å². The minimum atomic E-state index is -0.852. The number of amides is 1. The molecule has 0 radical (unpaired) electrons. The van der Waals surface area contributed by atoms with E-state index in [1.165, 1.54) is 0 Å². The van der Waals surface area contributed by atoms with Crippen molar-refractivity contribution in [2.75, 3.05) is 31.1 Å². The molecule has 1 aromatic rings. The van der Waals surface area contributed by atoms with Crippen LogP contribution in [0.15, 0.2) is 24.3 Å². The molecule has 5 nitrogen and oxygen atoms in total. The highest BCUT2D eigenvalue weighted by atomic mass is 35.5. The molecule has 1 aliphatic rings. The molecule has 0 aromatic heterocycles. The number of carbonyl (C=O) groups is 2. The average molecular weight is 311 g/mol. The number of hydrogen-bond donors (Lipinski definition) is 1. The summed E-state index contributed by atoms with van der Waals surface area (Å²) >= 11 is 5.87. The van der Waals surface area contributed by atoms with E-state index in [0.29, 0.717) is 31.0 Å². The Morgan fingerprint density at radius 3 is 2.24 bits per heavy atom. The second-order valence-corrected chi connectivity index (χ2v) is 5.53. The highest BCUT2D eigenvalue weighted by molar-refractivity contribution is 6.30. The first-order chi connectivity index (χ1) is 10.1. The Morgan fingerprint density at radius 1 is 1.05 bits per heavy atom. The summed E-state index contributed by atoms with van der Waals surface area (Å²) in [5, 5.41) is 9.29. The van der Waals surface area contributed by atoms with Crippen LogP contribution in [0.2, 0.25) is 5.02 Å². The molecule has 0 spiro atoms. The first-order valence-corrected chi connectivity index (χ1v) is 7.44. The molecule has 21 heavy (non-hydrogen) atoms. The zero-order chi connectivity index (χ0) is 15.2. The highest BCUT2D eigenvalue weighted by Gasteiger charge is 2.21. The van der Waals surface area contributed by atoms with Gasteiger partial charge in [0.15, 0.2) is 0 Å². The fourth-order valence-electron chi connectivity index (χ4n) is 2.41. The lowest BCUT2D eigenvalue weighted by atomic mass is 10.2. The van der Waals surface area contributed by atoms with Gasteiger partial charge in [-0.2, -0.15) is 0 Å². The predicted molar refractivity (Wildman–Crippen MR) is 81.7 cm³/mol. The van der Waals surface area contributed by atoms with Crippen LogP contribution >= 0.6 is 11.6 Å². The third-order valence-electron chi connectivity index (χ3n) is 3.61. The SMILES string of the molecule is O=C(O)CCCC(=O)N1CCN(c2ccc(Cl)cc2)CC1. The van der Waals surface area contributed by atoms with Gasteiger partial charge in [0.2, 0.25) is 5.91 Å². The molecular weight excluding hydrogens is 292 g/mol. The van der Waals surface area contributed by atoms with E-state index >= 15 is 0 Å². The van der Waals surface area contributed by atoms with Gasteiger partial charge in [0.1, 0.15) is 0 Å². The molecule has 0 unspecified atom stereocenters. The lowest BCUT2D eigenvalue weighted by Gasteiger charge is -2.36. The molecule has 1 amide bonds. The van der Waals surface area contributed by atoms with Crippen molar-refractivity contribution >= 4 is 29.2 Å². The Hall–Kier alpha value is -1.75. The number of nitrogens with zero attached hydrogens (tertiary/aromatic N) is 2. The molecule has 1 N–H and O–H groups in total. The van der Waals surface area contributed by atoms with Gasteiger partial charge in [-0.3, -0.25) is 9.59 Å². The van der Waals surface area contributed by atoms with Crippen LogP contribution < -0.4 is 4.90 Å². The smallest absolute Gasteiger partial charge is 0.303 e. The van der Waals surface area contributed by atoms with Crippen LogP contribution in [0.25, 0.3) is 0 Å². The van der Waals surface area contributed by atoms with Gasteiger partial charge in [-0.15, -0.1) is 0 Å². The van der Waals surface area contributed by atoms with Crippen LogP contribution in [0, 0.1) is 0 Å². The molecule has 1 aliphatic heterocycles. The summed E-state index contributed by atoms with van der Waals surface area (Å²) < 4.78 is 0. The van der Waals surface area contributed by atoms with Crippen molar-refractivity contribution in [1.82, 2.24) is 4.90 Å². The van der Waals surface area contributed by atoms with Crippen molar-refractivity contribution in [1.29, 1.82) is 0 Å². The van der Waals surface area contributed by atoms with E-state index in [0.717, 1.165) is 18.8 Å². The van der Waals surface area contributed by atoms with Gasteiger partial charge >= 0.3 is 5.97 Å². The predicted octanol–water partition coefficient (Wildman–Crippen LogP) is 2.24. The molecule has 1 saturated heterocycles. The molecular formula is C15H19ClN2O3. The molecule has 0 atom stereocenters. The van der Waals surface area contributed by atoms with Crippen molar-refractivity contribution < 1.29 is 14.7 Å². The van der Waals surface area contributed by atoms with Gasteiger partial charge in [-0.1, -0.05) is 11.6 Å². The summed E-state index contributed by atoms with van der Waals surface area (Å²) in [6.45, 7) is 2.92. The summed E-state index contributed by atoms with van der Waals surface area (Å²) in [6.07, 6.45) is 0.773. The van der Waals surface area contributed by atoms with E-state index in [9.17, 15) is 9.59 Å².